The minimum atomic E-state index is -1.94. The lowest BCUT2D eigenvalue weighted by molar-refractivity contribution is -0.370. The summed E-state index contributed by atoms with van der Waals surface area (Å²) in [5.74, 6) is -3.81. The maximum Gasteiger partial charge on any atom is 0.407 e. The number of esters is 2. The van der Waals surface area contributed by atoms with Crippen LogP contribution in [0.2, 0.25) is 0 Å². The fourth-order valence-corrected chi connectivity index (χ4v) is 19.1. The van der Waals surface area contributed by atoms with Crippen molar-refractivity contribution in [3.05, 3.63) is 442 Å². The smallest absolute Gasteiger partial charge is 0.407 e. The Morgan fingerprint density at radius 2 is 0.687 bits per heavy atom. The molecule has 5 aliphatic rings. The second-order valence-electron chi connectivity index (χ2n) is 36.8. The standard InChI is InChI=1S/C119H124ClN5O25/c1-3-62-133-114(128)96(123-119(129)143-74-95-93-60-36-34-58-91(93)92-59-35-37-61-94(92)95)75-141-116-103(124-125-121)109(150-118-113(140-73-90-56-32-13-33-57-90)111(138-71-88-52-28-11-29-53-88)105(135-68-85-46-22-8-23-47-85)98(147-118)77-131-65-82-40-16-5-17-41-82)107(148-101(127)63-120)100(145-116)79-142-115-102(122-80(2)126)108(136-69-86-48-24-9-25-49-86)106(99(144-115)78-132-66-83-42-18-6-19-43-83)149-117-112(139-72-89-54-30-12-31-55-89)110(137-70-87-50-26-10-27-51-87)104(134-67-84-44-20-7-21-45-84)97(146-117)76-130-64-81-38-14-4-15-39-81/h3-61,95-100,102-113,115-118H,1,62-79H2,2H3,(H,122,126)(H,123,129)/t96-,97+,98+,99+,100+,102+,103+,104+,105-,106+,107-,108+,109+,110-,111-,112+,113+,115+,116-,117-,118-/m0/s1. The molecule has 4 saturated heterocycles. The zero-order valence-electron chi connectivity index (χ0n) is 83.1. The number of carbonyl (C=O) groups excluding carboxylic acids is 4. The van der Waals surface area contributed by atoms with E-state index in [4.69, 9.17) is 111 Å². The average molecular weight is 2060 g/mol. The first kappa shape index (κ1) is 108. The SMILES string of the molecule is C=CCOC(=O)[C@H](CO[C@H]1O[C@H](CO[C@@H]2O[C@H](COCc3ccccc3)[C@@H](O[C@@H]3O[C@H](COCc4ccccc4)[C@@H](OCc4ccccc4)[C@H](OCc4ccccc4)[C@H]3OCc3ccccc3)[C@H](OCc3ccccc3)[C@H]2NC(C)=O)[C@H](OC(=O)CCl)[C@H](O[C@@H]2O[C@H](COCc3ccccc3)[C@H](OCc3ccccc3)[C@H](OCc3ccccc3)[C@H]2OCc2ccccc2)[C@H]1N=[N+]=[N-])NC(=O)OCC1c2ccccc2-c2ccccc21. The normalized spacial score (nSPS) is 24.1. The molecule has 0 unspecified atom stereocenters. The number of hydrogen-bond donors (Lipinski definition) is 2. The Balaban J connectivity index is 0.774. The lowest BCUT2D eigenvalue weighted by atomic mass is 9.94. The van der Waals surface area contributed by atoms with Gasteiger partial charge in [-0.25, -0.2) is 9.59 Å². The van der Waals surface area contributed by atoms with Crippen LogP contribution in [-0.2, 0) is 180 Å². The van der Waals surface area contributed by atoms with Crippen LogP contribution in [0.4, 0.5) is 4.79 Å². The summed E-state index contributed by atoms with van der Waals surface area (Å²) >= 11 is 6.64. The van der Waals surface area contributed by atoms with Gasteiger partial charge in [0.15, 0.2) is 37.3 Å². The van der Waals surface area contributed by atoms with Crippen molar-refractivity contribution in [2.45, 2.75) is 208 Å². The van der Waals surface area contributed by atoms with Crippen LogP contribution in [-0.4, -0.2) is 205 Å². The molecule has 2 amide bonds. The van der Waals surface area contributed by atoms with Crippen LogP contribution in [0.15, 0.2) is 370 Å². The second-order valence-corrected chi connectivity index (χ2v) is 37.1. The van der Waals surface area contributed by atoms with E-state index in [-0.39, 0.29) is 99.1 Å². The zero-order chi connectivity index (χ0) is 103. The van der Waals surface area contributed by atoms with Crippen LogP contribution in [0.5, 0.6) is 0 Å². The summed E-state index contributed by atoms with van der Waals surface area (Å²) < 4.78 is 148. The molecule has 782 valence electrons. The molecule has 4 fully saturated rings. The number of alkyl carbamates (subject to hydrolysis) is 1. The van der Waals surface area contributed by atoms with Crippen molar-refractivity contribution in [3.8, 4) is 11.1 Å². The molecule has 0 bridgehead atoms. The van der Waals surface area contributed by atoms with Gasteiger partial charge >= 0.3 is 18.0 Å². The van der Waals surface area contributed by atoms with Crippen LogP contribution < -0.4 is 10.6 Å². The number of hydrogen-bond acceptors (Lipinski definition) is 26. The minimum Gasteiger partial charge on any atom is -0.460 e. The number of benzene rings is 12. The number of fused-ring (bicyclic) bond motifs is 3. The molecule has 4 aliphatic heterocycles. The Morgan fingerprint density at radius 1 is 0.360 bits per heavy atom. The Hall–Kier alpha value is -13.1. The molecule has 4 heterocycles. The number of azide groups is 1. The van der Waals surface area contributed by atoms with Crippen molar-refractivity contribution in [1.82, 2.24) is 10.6 Å². The fraction of sp³-hybridized carbons (Fsp3) is 0.345. The number of carbonyl (C=O) groups is 4. The number of rotatable bonds is 53. The van der Waals surface area contributed by atoms with Crippen molar-refractivity contribution in [1.29, 1.82) is 0 Å². The van der Waals surface area contributed by atoms with Crippen molar-refractivity contribution in [2.24, 2.45) is 5.11 Å². The molecule has 2 N–H and O–H groups in total. The van der Waals surface area contributed by atoms with E-state index in [1.54, 1.807) is 0 Å². The van der Waals surface area contributed by atoms with Gasteiger partial charge in [0.05, 0.1) is 99.1 Å². The number of halogens is 1. The molecule has 31 heteroatoms. The maximum absolute atomic E-state index is 14.9. The van der Waals surface area contributed by atoms with Gasteiger partial charge in [-0.05, 0) is 83.4 Å². The molecule has 0 saturated carbocycles. The van der Waals surface area contributed by atoms with Crippen molar-refractivity contribution in [3.63, 3.8) is 0 Å². The molecule has 17 rings (SSSR count). The third kappa shape index (κ3) is 30.5. The van der Waals surface area contributed by atoms with E-state index in [1.165, 1.54) is 13.0 Å². The maximum atomic E-state index is 14.9. The van der Waals surface area contributed by atoms with Crippen LogP contribution >= 0.6 is 11.6 Å². The van der Waals surface area contributed by atoms with E-state index >= 15 is 0 Å². The van der Waals surface area contributed by atoms with Crippen LogP contribution in [0.3, 0.4) is 0 Å². The topological polar surface area (TPSA) is 335 Å². The fourth-order valence-electron chi connectivity index (χ4n) is 19.0. The van der Waals surface area contributed by atoms with Gasteiger partial charge in [-0.1, -0.05) is 370 Å². The lowest BCUT2D eigenvalue weighted by Crippen LogP contribution is -2.69. The third-order valence-corrected chi connectivity index (χ3v) is 26.5. The van der Waals surface area contributed by atoms with Gasteiger partial charge in [-0.15, -0.1) is 11.6 Å². The number of nitrogens with one attached hydrogen (secondary N) is 2. The summed E-state index contributed by atoms with van der Waals surface area (Å²) in [5, 5.41) is 10.2. The Morgan fingerprint density at radius 3 is 1.06 bits per heavy atom. The highest BCUT2D eigenvalue weighted by molar-refractivity contribution is 6.26. The summed E-state index contributed by atoms with van der Waals surface area (Å²) in [6.45, 7) is 2.95. The molecule has 150 heavy (non-hydrogen) atoms. The van der Waals surface area contributed by atoms with Gasteiger partial charge in [0.1, 0.15) is 111 Å². The van der Waals surface area contributed by atoms with Crippen molar-refractivity contribution >= 4 is 35.5 Å². The number of alkyl halides is 1. The van der Waals surface area contributed by atoms with Crippen molar-refractivity contribution in [2.75, 3.05) is 52.1 Å². The molecular formula is C119H124ClN5O25. The summed E-state index contributed by atoms with van der Waals surface area (Å²) in [6.07, 6.45) is -24.7. The minimum absolute atomic E-state index is 0.0100. The van der Waals surface area contributed by atoms with Crippen LogP contribution in [0.1, 0.15) is 79.6 Å². The van der Waals surface area contributed by atoms with E-state index in [9.17, 15) is 24.7 Å². The molecule has 21 atom stereocenters. The summed E-state index contributed by atoms with van der Waals surface area (Å²) in [6, 6.07) is 106. The van der Waals surface area contributed by atoms with E-state index in [0.29, 0.717) is 5.56 Å². The quantitative estimate of drug-likeness (QED) is 0.00680. The van der Waals surface area contributed by atoms with Gasteiger partial charge in [-0.2, -0.15) is 0 Å². The van der Waals surface area contributed by atoms with Crippen molar-refractivity contribution < 1.29 is 119 Å². The van der Waals surface area contributed by atoms with Crippen LogP contribution in [0, 0.1) is 0 Å². The van der Waals surface area contributed by atoms with Gasteiger partial charge in [0.25, 0.3) is 0 Å². The monoisotopic (exact) mass is 2060 g/mol. The Labute approximate surface area is 877 Å². The Bertz CT molecular complexity index is 6120. The Kier molecular flexibility index (Phi) is 40.9. The predicted octanol–water partition coefficient (Wildman–Crippen LogP) is 18.4. The lowest BCUT2D eigenvalue weighted by Gasteiger charge is -2.51. The number of ether oxygens (including phenoxy) is 21. The summed E-state index contributed by atoms with van der Waals surface area (Å²) in [5.41, 5.74) is 23.2. The molecule has 12 aromatic rings. The van der Waals surface area contributed by atoms with E-state index in [1.807, 2.05) is 352 Å². The van der Waals surface area contributed by atoms with Crippen LogP contribution in [0.25, 0.3) is 21.6 Å². The second kappa shape index (κ2) is 56.7. The highest BCUT2D eigenvalue weighted by Gasteiger charge is 2.59. The zero-order valence-corrected chi connectivity index (χ0v) is 83.9. The molecule has 12 aromatic carbocycles. The first-order chi connectivity index (χ1) is 73.8. The molecule has 0 aromatic heterocycles. The van der Waals surface area contributed by atoms with E-state index < -0.39 is 178 Å². The largest absolute Gasteiger partial charge is 0.460 e. The molecule has 1 aliphatic carbocycles. The third-order valence-electron chi connectivity index (χ3n) is 26.3. The molecule has 0 spiro atoms. The summed E-state index contributed by atoms with van der Waals surface area (Å²) in [7, 11) is 0. The van der Waals surface area contributed by atoms with E-state index in [0.717, 1.165) is 72.3 Å². The summed E-state index contributed by atoms with van der Waals surface area (Å²) in [4.78, 5) is 62.5. The molecule has 0 radical (unpaired) electrons. The highest BCUT2D eigenvalue weighted by Crippen LogP contribution is 2.46. The molecule has 30 nitrogen and oxygen atoms in total. The number of nitrogens with zero attached hydrogens (tertiary/aromatic N) is 3. The first-order valence-electron chi connectivity index (χ1n) is 50.4. The van der Waals surface area contributed by atoms with Gasteiger partial charge in [0, 0.05) is 17.8 Å². The molecular weight excluding hydrogens is 1930 g/mol. The van der Waals surface area contributed by atoms with Gasteiger partial charge in [0.2, 0.25) is 5.91 Å². The van der Waals surface area contributed by atoms with Gasteiger partial charge < -0.3 is 110 Å². The highest BCUT2D eigenvalue weighted by atomic mass is 35.5. The van der Waals surface area contributed by atoms with E-state index in [2.05, 4.69) is 27.2 Å². The number of amides is 2. The van der Waals surface area contributed by atoms with Gasteiger partial charge in [-0.3, -0.25) is 9.59 Å². The average Bonchev–Trinajstić information content (AvgIpc) is 1.68. The first-order valence-corrected chi connectivity index (χ1v) is 50.9. The predicted molar refractivity (Wildman–Crippen MR) is 554 cm³/mol.